The maximum absolute atomic E-state index is 6.25. The van der Waals surface area contributed by atoms with E-state index >= 15 is 0 Å². The first kappa shape index (κ1) is 12.6. The maximum atomic E-state index is 6.25. The summed E-state index contributed by atoms with van der Waals surface area (Å²) >= 11 is 0. The summed E-state index contributed by atoms with van der Waals surface area (Å²) in [4.78, 5) is 0. The fourth-order valence-corrected chi connectivity index (χ4v) is 5.35. The molecule has 7 unspecified atom stereocenters. The topological polar surface area (TPSA) is 33.3 Å². The molecule has 4 rings (SSSR count). The molecule has 2 saturated carbocycles. The molecule has 4 aliphatic rings. The Labute approximate surface area is 116 Å². The van der Waals surface area contributed by atoms with Gasteiger partial charge in [0, 0.05) is 6.04 Å². The van der Waals surface area contributed by atoms with Crippen LogP contribution in [0, 0.1) is 23.7 Å². The Bertz CT molecular complexity index is 335. The van der Waals surface area contributed by atoms with Gasteiger partial charge in [-0.25, -0.2) is 0 Å². The van der Waals surface area contributed by atoms with Gasteiger partial charge in [0.15, 0.2) is 0 Å². The van der Waals surface area contributed by atoms with E-state index in [0.717, 1.165) is 23.7 Å². The van der Waals surface area contributed by atoms with E-state index in [-0.39, 0.29) is 0 Å². The normalized spacial score (nSPS) is 52.6. The zero-order valence-electron chi connectivity index (χ0n) is 12.1. The van der Waals surface area contributed by atoms with Gasteiger partial charge in [0.05, 0.1) is 6.10 Å². The number of hydrogen-bond donors (Lipinski definition) is 2. The summed E-state index contributed by atoms with van der Waals surface area (Å²) < 4.78 is 6.25. The van der Waals surface area contributed by atoms with E-state index in [2.05, 4.69) is 17.6 Å². The molecular weight excluding hydrogens is 236 g/mol. The van der Waals surface area contributed by atoms with Crippen LogP contribution in [0.2, 0.25) is 0 Å². The molecule has 2 bridgehead atoms. The molecule has 2 aliphatic carbocycles. The molecule has 2 saturated heterocycles. The second kappa shape index (κ2) is 5.01. The molecule has 108 valence electrons. The number of nitrogens with one attached hydrogen (secondary N) is 2. The van der Waals surface area contributed by atoms with Crippen LogP contribution in [0.4, 0.5) is 0 Å². The molecule has 0 aromatic carbocycles. The summed E-state index contributed by atoms with van der Waals surface area (Å²) in [6.45, 7) is 4.79. The van der Waals surface area contributed by atoms with Crippen LogP contribution in [0.25, 0.3) is 0 Å². The third-order valence-electron chi connectivity index (χ3n) is 6.12. The third-order valence-corrected chi connectivity index (χ3v) is 6.12. The van der Waals surface area contributed by atoms with Crippen LogP contribution in [-0.4, -0.2) is 31.5 Å². The van der Waals surface area contributed by atoms with Gasteiger partial charge >= 0.3 is 0 Å². The zero-order chi connectivity index (χ0) is 12.8. The Morgan fingerprint density at radius 2 is 1.95 bits per heavy atom. The molecular formula is C16H28N2O. The molecule has 0 spiro atoms. The third kappa shape index (κ3) is 2.24. The lowest BCUT2D eigenvalue weighted by Crippen LogP contribution is -2.52. The van der Waals surface area contributed by atoms with Crippen molar-refractivity contribution in [3.8, 4) is 0 Å². The van der Waals surface area contributed by atoms with Gasteiger partial charge < -0.3 is 10.1 Å². The predicted molar refractivity (Wildman–Crippen MR) is 75.8 cm³/mol. The van der Waals surface area contributed by atoms with E-state index in [1.807, 2.05) is 0 Å². The van der Waals surface area contributed by atoms with Crippen LogP contribution in [0.3, 0.4) is 0 Å². The summed E-state index contributed by atoms with van der Waals surface area (Å²) in [5.41, 5.74) is 0. The minimum atomic E-state index is 0.345. The molecule has 0 aromatic rings. The van der Waals surface area contributed by atoms with Gasteiger partial charge in [0.1, 0.15) is 6.23 Å². The lowest BCUT2D eigenvalue weighted by molar-refractivity contribution is -0.0352. The van der Waals surface area contributed by atoms with Gasteiger partial charge in [0.25, 0.3) is 0 Å². The molecule has 0 aromatic heterocycles. The highest BCUT2D eigenvalue weighted by Gasteiger charge is 2.48. The van der Waals surface area contributed by atoms with Gasteiger partial charge in [0.2, 0.25) is 0 Å². The number of fused-ring (bicyclic) bond motifs is 5. The second-order valence-electron chi connectivity index (χ2n) is 7.38. The van der Waals surface area contributed by atoms with E-state index in [1.54, 1.807) is 0 Å². The van der Waals surface area contributed by atoms with Gasteiger partial charge in [-0.3, -0.25) is 5.32 Å². The standard InChI is InChI=1S/C16H28N2O/c1-2-3-16-18-14-7-13-11(6-15(14)19-16)4-10-5-12(13)9-17-8-10/h10-18H,2-9H2,1H3. The summed E-state index contributed by atoms with van der Waals surface area (Å²) in [6.07, 6.45) is 8.91. The molecule has 0 amide bonds. The van der Waals surface area contributed by atoms with E-state index in [9.17, 15) is 0 Å². The van der Waals surface area contributed by atoms with Crippen molar-refractivity contribution >= 4 is 0 Å². The van der Waals surface area contributed by atoms with Crippen LogP contribution in [0.15, 0.2) is 0 Å². The van der Waals surface area contributed by atoms with Crippen molar-refractivity contribution < 1.29 is 4.74 Å². The minimum absolute atomic E-state index is 0.345. The quantitative estimate of drug-likeness (QED) is 0.801. The van der Waals surface area contributed by atoms with Crippen molar-refractivity contribution in [2.75, 3.05) is 13.1 Å². The average molecular weight is 264 g/mol. The monoisotopic (exact) mass is 264 g/mol. The number of hydrogen-bond acceptors (Lipinski definition) is 3. The lowest BCUT2D eigenvalue weighted by Gasteiger charge is -2.50. The van der Waals surface area contributed by atoms with Gasteiger partial charge in [-0.15, -0.1) is 0 Å². The van der Waals surface area contributed by atoms with Crippen LogP contribution in [0.5, 0.6) is 0 Å². The van der Waals surface area contributed by atoms with Crippen molar-refractivity contribution in [1.82, 2.24) is 10.6 Å². The molecule has 3 heteroatoms. The molecule has 4 fully saturated rings. The fraction of sp³-hybridized carbons (Fsp3) is 1.00. The largest absolute Gasteiger partial charge is 0.359 e. The molecule has 2 N–H and O–H groups in total. The number of piperidine rings is 1. The highest BCUT2D eigenvalue weighted by atomic mass is 16.5. The van der Waals surface area contributed by atoms with Crippen molar-refractivity contribution in [2.24, 2.45) is 23.7 Å². The highest BCUT2D eigenvalue weighted by molar-refractivity contribution is 5.01. The Kier molecular flexibility index (Phi) is 3.33. The molecule has 3 nitrogen and oxygen atoms in total. The minimum Gasteiger partial charge on any atom is -0.359 e. The Morgan fingerprint density at radius 3 is 2.84 bits per heavy atom. The SMILES string of the molecule is CCCC1NC2CC3C4CNCC(C4)CC3CC2O1. The Hall–Kier alpha value is -0.120. The van der Waals surface area contributed by atoms with Gasteiger partial charge in [-0.1, -0.05) is 13.3 Å². The maximum Gasteiger partial charge on any atom is 0.108 e. The van der Waals surface area contributed by atoms with E-state index in [4.69, 9.17) is 4.74 Å². The molecule has 7 atom stereocenters. The van der Waals surface area contributed by atoms with Crippen molar-refractivity contribution in [3.63, 3.8) is 0 Å². The smallest absolute Gasteiger partial charge is 0.108 e. The first-order chi connectivity index (χ1) is 9.33. The van der Waals surface area contributed by atoms with Crippen molar-refractivity contribution in [3.05, 3.63) is 0 Å². The number of rotatable bonds is 2. The lowest BCUT2D eigenvalue weighted by atomic mass is 9.60. The van der Waals surface area contributed by atoms with Gasteiger partial charge in [-0.05, 0) is 68.9 Å². The molecule has 2 heterocycles. The van der Waals surface area contributed by atoms with Crippen LogP contribution < -0.4 is 10.6 Å². The first-order valence-corrected chi connectivity index (χ1v) is 8.45. The molecule has 0 radical (unpaired) electrons. The van der Waals surface area contributed by atoms with E-state index < -0.39 is 0 Å². The molecule has 19 heavy (non-hydrogen) atoms. The summed E-state index contributed by atoms with van der Waals surface area (Å²) in [7, 11) is 0. The van der Waals surface area contributed by atoms with E-state index in [0.29, 0.717) is 18.4 Å². The summed E-state index contributed by atoms with van der Waals surface area (Å²) in [5, 5.41) is 7.42. The molecule has 2 aliphatic heterocycles. The van der Waals surface area contributed by atoms with Crippen molar-refractivity contribution in [1.29, 1.82) is 0 Å². The van der Waals surface area contributed by atoms with Crippen molar-refractivity contribution in [2.45, 2.75) is 63.8 Å². The predicted octanol–water partition coefficient (Wildman–Crippen LogP) is 2.13. The summed E-state index contributed by atoms with van der Waals surface area (Å²) in [6, 6.07) is 0.649. The van der Waals surface area contributed by atoms with Crippen LogP contribution in [-0.2, 0) is 4.74 Å². The highest BCUT2D eigenvalue weighted by Crippen LogP contribution is 2.48. The first-order valence-electron chi connectivity index (χ1n) is 8.45. The Morgan fingerprint density at radius 1 is 1.05 bits per heavy atom. The second-order valence-corrected chi connectivity index (χ2v) is 7.38. The van der Waals surface area contributed by atoms with Gasteiger partial charge in [-0.2, -0.15) is 0 Å². The number of ether oxygens (including phenoxy) is 1. The fourth-order valence-electron chi connectivity index (χ4n) is 5.35. The van der Waals surface area contributed by atoms with Crippen LogP contribution >= 0.6 is 0 Å². The van der Waals surface area contributed by atoms with E-state index in [1.165, 1.54) is 51.6 Å². The van der Waals surface area contributed by atoms with Crippen LogP contribution in [0.1, 0.15) is 45.4 Å². The Balaban J connectivity index is 1.46. The zero-order valence-corrected chi connectivity index (χ0v) is 12.1. The average Bonchev–Trinajstić information content (AvgIpc) is 2.79. The summed E-state index contributed by atoms with van der Waals surface area (Å²) in [5.74, 6) is 3.82.